The first kappa shape index (κ1) is 32.9. The minimum absolute atomic E-state index is 0.0462. The second-order valence-electron chi connectivity index (χ2n) is 14.8. The lowest BCUT2D eigenvalue weighted by Crippen LogP contribution is -2.59. The van der Waals surface area contributed by atoms with Crippen molar-refractivity contribution < 1.29 is 9.47 Å². The van der Waals surface area contributed by atoms with E-state index < -0.39 is 0 Å². The Kier molecular flexibility index (Phi) is 12.8. The van der Waals surface area contributed by atoms with Gasteiger partial charge < -0.3 is 9.47 Å². The average molecular weight is 526 g/mol. The Hall–Kier alpha value is -0.280. The van der Waals surface area contributed by atoms with Crippen LogP contribution in [0.1, 0.15) is 88.5 Å². The lowest BCUT2D eigenvalue weighted by atomic mass is 9.88. The number of nitrogens with one attached hydrogen (secondary N) is 1. The van der Waals surface area contributed by atoms with E-state index in [0.717, 1.165) is 91.7 Å². The molecule has 0 aromatic heterocycles. The molecule has 2 heterocycles. The van der Waals surface area contributed by atoms with Gasteiger partial charge in [0.1, 0.15) is 0 Å². The van der Waals surface area contributed by atoms with Gasteiger partial charge in [-0.15, -0.1) is 0 Å². The summed E-state index contributed by atoms with van der Waals surface area (Å²) in [6, 6.07) is 0. The van der Waals surface area contributed by atoms with Crippen LogP contribution < -0.4 is 5.43 Å². The van der Waals surface area contributed by atoms with Crippen LogP contribution in [0.5, 0.6) is 0 Å². The van der Waals surface area contributed by atoms with Gasteiger partial charge in [0, 0.05) is 83.1 Å². The third-order valence-corrected chi connectivity index (χ3v) is 7.91. The monoisotopic (exact) mass is 525 g/mol. The first-order chi connectivity index (χ1) is 17.0. The molecule has 0 aromatic rings. The molecule has 0 atom stereocenters. The highest BCUT2D eigenvalue weighted by Gasteiger charge is 2.33. The maximum Gasteiger partial charge on any atom is 0.0600 e. The predicted octanol–water partition coefficient (Wildman–Crippen LogP) is 4.33. The summed E-state index contributed by atoms with van der Waals surface area (Å²) in [4.78, 5) is 7.81. The molecule has 0 radical (unpaired) electrons. The van der Waals surface area contributed by atoms with E-state index in [2.05, 4.69) is 94.4 Å². The number of hydrazine groups is 1. The average Bonchev–Trinajstić information content (AvgIpc) is 2.77. The van der Waals surface area contributed by atoms with Crippen LogP contribution in [0.4, 0.5) is 0 Å². The van der Waals surface area contributed by atoms with Crippen molar-refractivity contribution in [3.05, 3.63) is 0 Å². The van der Waals surface area contributed by atoms with Crippen LogP contribution in [0.2, 0.25) is 0 Å². The van der Waals surface area contributed by atoms with Gasteiger partial charge in [-0.2, -0.15) is 0 Å². The molecule has 2 aliphatic heterocycles. The number of hydrogen-bond acceptors (Lipinski definition) is 7. The minimum Gasteiger partial charge on any atom is -0.380 e. The van der Waals surface area contributed by atoms with Crippen LogP contribution in [0.25, 0.3) is 0 Å². The van der Waals surface area contributed by atoms with Gasteiger partial charge in [0.2, 0.25) is 0 Å². The van der Waals surface area contributed by atoms with E-state index in [4.69, 9.17) is 9.47 Å². The fourth-order valence-corrected chi connectivity index (χ4v) is 5.08. The van der Waals surface area contributed by atoms with Crippen molar-refractivity contribution in [1.29, 1.82) is 0 Å². The highest BCUT2D eigenvalue weighted by Crippen LogP contribution is 2.26. The van der Waals surface area contributed by atoms with E-state index in [1.165, 1.54) is 12.8 Å². The molecule has 1 N–H and O–H groups in total. The lowest BCUT2D eigenvalue weighted by molar-refractivity contribution is -0.0235. The third kappa shape index (κ3) is 14.1. The van der Waals surface area contributed by atoms with Gasteiger partial charge in [0.15, 0.2) is 0 Å². The Morgan fingerprint density at radius 3 is 1.68 bits per heavy atom. The van der Waals surface area contributed by atoms with E-state index in [1.807, 2.05) is 0 Å². The molecule has 2 saturated heterocycles. The number of nitrogens with zero attached hydrogens (tertiary/aromatic N) is 4. The number of piperazine rings is 2. The molecule has 0 aliphatic carbocycles. The van der Waals surface area contributed by atoms with Crippen LogP contribution in [0, 0.1) is 5.41 Å². The number of rotatable bonds is 14. The van der Waals surface area contributed by atoms with Crippen molar-refractivity contribution in [2.24, 2.45) is 5.41 Å². The molecule has 7 nitrogen and oxygen atoms in total. The van der Waals surface area contributed by atoms with E-state index in [9.17, 15) is 0 Å². The molecule has 0 bridgehead atoms. The first-order valence-corrected chi connectivity index (χ1v) is 15.0. The largest absolute Gasteiger partial charge is 0.380 e. The lowest BCUT2D eigenvalue weighted by Gasteiger charge is -2.46. The van der Waals surface area contributed by atoms with Crippen molar-refractivity contribution in [2.45, 2.75) is 105 Å². The first-order valence-electron chi connectivity index (χ1n) is 15.0. The molecule has 2 aliphatic rings. The smallest absolute Gasteiger partial charge is 0.0600 e. The van der Waals surface area contributed by atoms with Gasteiger partial charge in [0.25, 0.3) is 0 Å². The van der Waals surface area contributed by atoms with Crippen molar-refractivity contribution in [1.82, 2.24) is 25.1 Å². The fraction of sp³-hybridized carbons (Fsp3) is 1.00. The van der Waals surface area contributed by atoms with Gasteiger partial charge in [-0.3, -0.25) is 14.7 Å². The van der Waals surface area contributed by atoms with Gasteiger partial charge in [-0.25, -0.2) is 10.4 Å². The Labute approximate surface area is 230 Å². The zero-order chi connectivity index (χ0) is 27.7. The topological polar surface area (TPSA) is 43.5 Å². The van der Waals surface area contributed by atoms with E-state index in [0.29, 0.717) is 5.41 Å². The highest BCUT2D eigenvalue weighted by molar-refractivity contribution is 4.89. The zero-order valence-corrected chi connectivity index (χ0v) is 26.4. The normalized spacial score (nSPS) is 20.6. The standard InChI is InChI=1S/C30H63N5O2/c1-27(2,3)13-24-36-25-22-32-14-18-34(19-15-32)30(9,10)12-11-29(7,8)31-35-20-16-33(17-21-35)23-26-37-28(4,5)6/h31H,11-26H2,1-10H3. The maximum atomic E-state index is 5.91. The second-order valence-corrected chi connectivity index (χ2v) is 14.8. The molecule has 37 heavy (non-hydrogen) atoms. The van der Waals surface area contributed by atoms with Gasteiger partial charge in [-0.1, -0.05) is 20.8 Å². The Morgan fingerprint density at radius 1 is 0.595 bits per heavy atom. The molecule has 220 valence electrons. The molecular weight excluding hydrogens is 462 g/mol. The SMILES string of the molecule is CC(C)(C)CCOCCN1CCN(C(C)(C)CCC(C)(C)NN2CCN(CCOC(C)(C)C)CC2)CC1. The summed E-state index contributed by atoms with van der Waals surface area (Å²) in [6.45, 7) is 36.4. The highest BCUT2D eigenvalue weighted by atomic mass is 16.5. The van der Waals surface area contributed by atoms with E-state index in [1.54, 1.807) is 0 Å². The Balaban J connectivity index is 1.63. The molecule has 0 saturated carbocycles. The Morgan fingerprint density at radius 2 is 1.14 bits per heavy atom. The van der Waals surface area contributed by atoms with Crippen LogP contribution >= 0.6 is 0 Å². The van der Waals surface area contributed by atoms with E-state index >= 15 is 0 Å². The predicted molar refractivity (Wildman–Crippen MR) is 157 cm³/mol. The summed E-state index contributed by atoms with van der Waals surface area (Å²) in [7, 11) is 0. The van der Waals surface area contributed by atoms with Crippen LogP contribution in [-0.4, -0.2) is 122 Å². The fourth-order valence-electron chi connectivity index (χ4n) is 5.08. The summed E-state index contributed by atoms with van der Waals surface area (Å²) in [5, 5.41) is 2.44. The number of hydrogen-bond donors (Lipinski definition) is 1. The zero-order valence-electron chi connectivity index (χ0n) is 26.4. The summed E-state index contributed by atoms with van der Waals surface area (Å²) in [5.41, 5.74) is 4.49. The van der Waals surface area contributed by atoms with Crippen LogP contribution in [0.15, 0.2) is 0 Å². The van der Waals surface area contributed by atoms with E-state index in [-0.39, 0.29) is 16.7 Å². The summed E-state index contributed by atoms with van der Waals surface area (Å²) < 4.78 is 11.8. The molecule has 0 amide bonds. The minimum atomic E-state index is -0.0462. The van der Waals surface area contributed by atoms with Crippen molar-refractivity contribution in [3.63, 3.8) is 0 Å². The summed E-state index contributed by atoms with van der Waals surface area (Å²) in [5.74, 6) is 0. The molecule has 7 heteroatoms. The third-order valence-electron chi connectivity index (χ3n) is 7.91. The van der Waals surface area contributed by atoms with Gasteiger partial charge in [-0.05, 0) is 73.1 Å². The molecule has 0 aromatic carbocycles. The Bertz CT molecular complexity index is 625. The quantitative estimate of drug-likeness (QED) is 0.339. The van der Waals surface area contributed by atoms with Crippen molar-refractivity contribution in [3.8, 4) is 0 Å². The van der Waals surface area contributed by atoms with Crippen LogP contribution in [-0.2, 0) is 9.47 Å². The second kappa shape index (κ2) is 14.4. The summed E-state index contributed by atoms with van der Waals surface area (Å²) in [6.07, 6.45) is 3.50. The van der Waals surface area contributed by atoms with Crippen molar-refractivity contribution >= 4 is 0 Å². The molecule has 2 rings (SSSR count). The van der Waals surface area contributed by atoms with Crippen molar-refractivity contribution in [2.75, 3.05) is 85.3 Å². The number of ether oxygens (including phenoxy) is 2. The molecule has 0 spiro atoms. The maximum absolute atomic E-state index is 5.91. The van der Waals surface area contributed by atoms with Crippen LogP contribution in [0.3, 0.4) is 0 Å². The molecular formula is C30H63N5O2. The van der Waals surface area contributed by atoms with Gasteiger partial charge in [0.05, 0.1) is 18.8 Å². The molecule has 2 fully saturated rings. The molecule has 0 unspecified atom stereocenters. The summed E-state index contributed by atoms with van der Waals surface area (Å²) >= 11 is 0. The van der Waals surface area contributed by atoms with Gasteiger partial charge >= 0.3 is 0 Å².